The smallest absolute Gasteiger partial charge is 0.275 e. The van der Waals surface area contributed by atoms with Crippen LogP contribution in [0.4, 0.5) is 0 Å². The van der Waals surface area contributed by atoms with E-state index >= 15 is 0 Å². The highest BCUT2D eigenvalue weighted by atomic mass is 79.9. The van der Waals surface area contributed by atoms with Gasteiger partial charge in [-0.3, -0.25) is 9.59 Å². The van der Waals surface area contributed by atoms with Crippen LogP contribution in [-0.2, 0) is 0 Å². The second-order valence-electron chi connectivity index (χ2n) is 6.61. The van der Waals surface area contributed by atoms with Gasteiger partial charge in [-0.05, 0) is 43.0 Å². The average molecular weight is 412 g/mol. The predicted octanol–water partition coefficient (Wildman–Crippen LogP) is 3.97. The van der Waals surface area contributed by atoms with E-state index in [2.05, 4.69) is 38.3 Å². The summed E-state index contributed by atoms with van der Waals surface area (Å²) in [5.74, 6) is -0.138. The first-order chi connectivity index (χ1) is 12.6. The Kier molecular flexibility index (Phi) is 4.36. The van der Waals surface area contributed by atoms with Gasteiger partial charge in [-0.15, -0.1) is 0 Å². The standard InChI is InChI=1S/C20H18BrN3O2/c1-12-11-13(8-9-16(12)21)17-7-4-10-24(17)20(26)18-14-5-2-3-6-15(14)19(25)23-22-18/h2-3,5-6,8-9,11,17H,4,7,10H2,1H3,(H,23,25). The third-order valence-electron chi connectivity index (χ3n) is 4.98. The van der Waals surface area contributed by atoms with Gasteiger partial charge in [-0.2, -0.15) is 5.10 Å². The summed E-state index contributed by atoms with van der Waals surface area (Å²) in [6.45, 7) is 2.74. The summed E-state index contributed by atoms with van der Waals surface area (Å²) in [5, 5.41) is 7.62. The lowest BCUT2D eigenvalue weighted by molar-refractivity contribution is 0.0730. The SMILES string of the molecule is Cc1cc(C2CCCN2C(=O)c2n[nH]c(=O)c3ccccc23)ccc1Br. The van der Waals surface area contributed by atoms with Gasteiger partial charge in [0.15, 0.2) is 5.69 Å². The van der Waals surface area contributed by atoms with Gasteiger partial charge in [0, 0.05) is 16.4 Å². The summed E-state index contributed by atoms with van der Waals surface area (Å²) in [5.41, 5.74) is 2.30. The highest BCUT2D eigenvalue weighted by molar-refractivity contribution is 9.10. The van der Waals surface area contributed by atoms with Crippen LogP contribution in [-0.4, -0.2) is 27.5 Å². The molecule has 2 aromatic carbocycles. The number of carbonyl (C=O) groups excluding carboxylic acids is 1. The van der Waals surface area contributed by atoms with Gasteiger partial charge in [-0.25, -0.2) is 5.10 Å². The van der Waals surface area contributed by atoms with Gasteiger partial charge in [-0.1, -0.05) is 46.3 Å². The summed E-state index contributed by atoms with van der Waals surface area (Å²) >= 11 is 3.53. The van der Waals surface area contributed by atoms with Crippen molar-refractivity contribution in [1.29, 1.82) is 0 Å². The Balaban J connectivity index is 1.75. The molecule has 3 aromatic rings. The first kappa shape index (κ1) is 17.0. The van der Waals surface area contributed by atoms with Crippen LogP contribution in [0.2, 0.25) is 0 Å². The zero-order chi connectivity index (χ0) is 18.3. The molecular weight excluding hydrogens is 394 g/mol. The first-order valence-electron chi connectivity index (χ1n) is 8.60. The lowest BCUT2D eigenvalue weighted by Gasteiger charge is -2.25. The molecule has 1 N–H and O–H groups in total. The van der Waals surface area contributed by atoms with Crippen LogP contribution in [0, 0.1) is 6.92 Å². The number of carbonyl (C=O) groups is 1. The van der Waals surface area contributed by atoms with Crippen LogP contribution in [0.15, 0.2) is 51.7 Å². The molecule has 26 heavy (non-hydrogen) atoms. The third-order valence-corrected chi connectivity index (χ3v) is 5.87. The molecule has 0 spiro atoms. The molecule has 2 heterocycles. The van der Waals surface area contributed by atoms with E-state index in [4.69, 9.17) is 0 Å². The molecule has 1 saturated heterocycles. The van der Waals surface area contributed by atoms with E-state index in [0.717, 1.165) is 28.4 Å². The molecule has 1 unspecified atom stereocenters. The van der Waals surface area contributed by atoms with E-state index in [1.54, 1.807) is 18.2 Å². The zero-order valence-corrected chi connectivity index (χ0v) is 15.9. The van der Waals surface area contributed by atoms with Crippen molar-refractivity contribution in [2.75, 3.05) is 6.54 Å². The maximum absolute atomic E-state index is 13.2. The number of benzene rings is 2. The normalized spacial score (nSPS) is 17.0. The highest BCUT2D eigenvalue weighted by Crippen LogP contribution is 2.35. The van der Waals surface area contributed by atoms with Crippen LogP contribution in [0.3, 0.4) is 0 Å². The molecule has 6 heteroatoms. The van der Waals surface area contributed by atoms with E-state index in [1.807, 2.05) is 24.0 Å². The van der Waals surface area contributed by atoms with Crippen molar-refractivity contribution in [2.24, 2.45) is 0 Å². The second kappa shape index (κ2) is 6.68. The fourth-order valence-electron chi connectivity index (χ4n) is 3.65. The van der Waals surface area contributed by atoms with Gasteiger partial charge in [0.1, 0.15) is 0 Å². The maximum atomic E-state index is 13.2. The highest BCUT2D eigenvalue weighted by Gasteiger charge is 2.32. The maximum Gasteiger partial charge on any atom is 0.275 e. The van der Waals surface area contributed by atoms with Crippen LogP contribution in [0.25, 0.3) is 10.8 Å². The second-order valence-corrected chi connectivity index (χ2v) is 7.47. The van der Waals surface area contributed by atoms with E-state index in [1.165, 1.54) is 0 Å². The van der Waals surface area contributed by atoms with Crippen molar-refractivity contribution in [3.05, 3.63) is 74.1 Å². The molecule has 1 aliphatic rings. The molecule has 132 valence electrons. The van der Waals surface area contributed by atoms with Crippen molar-refractivity contribution in [2.45, 2.75) is 25.8 Å². The molecule has 0 radical (unpaired) electrons. The first-order valence-corrected chi connectivity index (χ1v) is 9.40. The molecule has 4 rings (SSSR count). The Morgan fingerprint density at radius 1 is 1.23 bits per heavy atom. The molecule has 1 fully saturated rings. The van der Waals surface area contributed by atoms with Crippen LogP contribution >= 0.6 is 15.9 Å². The summed E-state index contributed by atoms with van der Waals surface area (Å²) in [6, 6.07) is 13.3. The quantitative estimate of drug-likeness (QED) is 0.693. The number of nitrogens with one attached hydrogen (secondary N) is 1. The van der Waals surface area contributed by atoms with E-state index < -0.39 is 0 Å². The Morgan fingerprint density at radius 3 is 2.77 bits per heavy atom. The molecule has 1 aromatic heterocycles. The molecule has 1 atom stereocenters. The Labute approximate surface area is 159 Å². The van der Waals surface area contributed by atoms with E-state index in [9.17, 15) is 9.59 Å². The molecular formula is C20H18BrN3O2. The van der Waals surface area contributed by atoms with Crippen molar-refractivity contribution in [1.82, 2.24) is 15.1 Å². The van der Waals surface area contributed by atoms with Crippen molar-refractivity contribution >= 4 is 32.6 Å². The van der Waals surface area contributed by atoms with E-state index in [0.29, 0.717) is 23.0 Å². The van der Waals surface area contributed by atoms with Gasteiger partial charge in [0.25, 0.3) is 11.5 Å². The zero-order valence-electron chi connectivity index (χ0n) is 14.3. The van der Waals surface area contributed by atoms with Crippen LogP contribution in [0.5, 0.6) is 0 Å². The Hall–Kier alpha value is -2.47. The monoisotopic (exact) mass is 411 g/mol. The summed E-state index contributed by atoms with van der Waals surface area (Å²) in [4.78, 5) is 27.1. The van der Waals surface area contributed by atoms with Crippen LogP contribution < -0.4 is 5.56 Å². The summed E-state index contributed by atoms with van der Waals surface area (Å²) in [7, 11) is 0. The molecule has 0 bridgehead atoms. The van der Waals surface area contributed by atoms with Crippen molar-refractivity contribution in [3.63, 3.8) is 0 Å². The minimum absolute atomic E-state index is 0.0294. The molecule has 0 saturated carbocycles. The molecule has 5 nitrogen and oxygen atoms in total. The van der Waals surface area contributed by atoms with Gasteiger partial charge in [0.05, 0.1) is 11.4 Å². The third kappa shape index (κ3) is 2.84. The molecule has 1 amide bonds. The summed E-state index contributed by atoms with van der Waals surface area (Å²) < 4.78 is 1.06. The minimum atomic E-state index is -0.279. The number of nitrogens with zero attached hydrogens (tertiary/aromatic N) is 2. The fraction of sp³-hybridized carbons (Fsp3) is 0.250. The Bertz CT molecular complexity index is 1060. The average Bonchev–Trinajstić information content (AvgIpc) is 3.14. The lowest BCUT2D eigenvalue weighted by atomic mass is 10.0. The van der Waals surface area contributed by atoms with Crippen LogP contribution in [0.1, 0.15) is 40.5 Å². The van der Waals surface area contributed by atoms with Gasteiger partial charge in [0.2, 0.25) is 0 Å². The fourth-order valence-corrected chi connectivity index (χ4v) is 3.89. The number of hydrogen-bond donors (Lipinski definition) is 1. The van der Waals surface area contributed by atoms with Crippen molar-refractivity contribution in [3.8, 4) is 0 Å². The largest absolute Gasteiger partial charge is 0.330 e. The number of hydrogen-bond acceptors (Lipinski definition) is 3. The number of likely N-dealkylation sites (tertiary alicyclic amines) is 1. The number of aryl methyl sites for hydroxylation is 1. The van der Waals surface area contributed by atoms with Gasteiger partial charge < -0.3 is 4.90 Å². The summed E-state index contributed by atoms with van der Waals surface area (Å²) in [6.07, 6.45) is 1.88. The van der Waals surface area contributed by atoms with Gasteiger partial charge >= 0.3 is 0 Å². The number of H-pyrrole nitrogens is 1. The van der Waals surface area contributed by atoms with E-state index in [-0.39, 0.29) is 17.5 Å². The number of aromatic amines is 1. The number of rotatable bonds is 2. The molecule has 1 aliphatic heterocycles. The topological polar surface area (TPSA) is 66.1 Å². The number of aromatic nitrogens is 2. The van der Waals surface area contributed by atoms with Crippen molar-refractivity contribution < 1.29 is 4.79 Å². The Morgan fingerprint density at radius 2 is 2.00 bits per heavy atom. The number of amides is 1. The lowest BCUT2D eigenvalue weighted by Crippen LogP contribution is -2.32. The predicted molar refractivity (Wildman–Crippen MR) is 104 cm³/mol. The molecule has 0 aliphatic carbocycles. The number of fused-ring (bicyclic) bond motifs is 1. The minimum Gasteiger partial charge on any atom is -0.330 e. The number of halogens is 1.